The molecule has 0 spiro atoms. The largest absolute Gasteiger partial charge is 0.490 e. The van der Waals surface area contributed by atoms with E-state index in [-0.39, 0.29) is 22.5 Å². The molecule has 0 unspecified atom stereocenters. The number of carbonyl (C=O) groups is 1. The molecular weight excluding hydrogens is 222 g/mol. The van der Waals surface area contributed by atoms with Crippen LogP contribution >= 0.6 is 0 Å². The van der Waals surface area contributed by atoms with Gasteiger partial charge >= 0.3 is 0 Å². The van der Waals surface area contributed by atoms with E-state index in [1.807, 2.05) is 20.8 Å². The summed E-state index contributed by atoms with van der Waals surface area (Å²) < 4.78 is 9.81. The smallest absolute Gasteiger partial charge is 0.287 e. The van der Waals surface area contributed by atoms with Crippen molar-refractivity contribution in [3.05, 3.63) is 28.3 Å². The predicted octanol–water partition coefficient (Wildman–Crippen LogP) is 1.57. The van der Waals surface area contributed by atoms with Crippen LogP contribution in [0.2, 0.25) is 0 Å². The van der Waals surface area contributed by atoms with Crippen LogP contribution in [-0.4, -0.2) is 18.6 Å². The first-order valence-electron chi connectivity index (χ1n) is 5.39. The standard InChI is InChI=1S/C12H17NO4/c1-5-12(2,3)13-11(15)9-6-8(14)10(16-4)7-17-9/h6-7H,5H2,1-4H3,(H,13,15). The Labute approximate surface area is 99.8 Å². The first kappa shape index (κ1) is 13.3. The molecule has 1 rings (SSSR count). The van der Waals surface area contributed by atoms with Gasteiger partial charge in [0, 0.05) is 11.6 Å². The van der Waals surface area contributed by atoms with Crippen molar-refractivity contribution in [3.63, 3.8) is 0 Å². The summed E-state index contributed by atoms with van der Waals surface area (Å²) in [6, 6.07) is 1.12. The molecule has 0 saturated carbocycles. The van der Waals surface area contributed by atoms with Crippen LogP contribution in [-0.2, 0) is 0 Å². The molecule has 0 saturated heterocycles. The van der Waals surface area contributed by atoms with Gasteiger partial charge in [-0.1, -0.05) is 6.92 Å². The zero-order chi connectivity index (χ0) is 13.1. The Morgan fingerprint density at radius 2 is 2.18 bits per heavy atom. The van der Waals surface area contributed by atoms with Gasteiger partial charge in [0.1, 0.15) is 6.26 Å². The third kappa shape index (κ3) is 3.34. The molecule has 1 aromatic heterocycles. The van der Waals surface area contributed by atoms with E-state index in [1.54, 1.807) is 0 Å². The van der Waals surface area contributed by atoms with Gasteiger partial charge in [-0.2, -0.15) is 0 Å². The Kier molecular flexibility index (Phi) is 3.93. The van der Waals surface area contributed by atoms with Crippen molar-refractivity contribution >= 4 is 5.91 Å². The Morgan fingerprint density at radius 1 is 1.53 bits per heavy atom. The van der Waals surface area contributed by atoms with Gasteiger partial charge in [0.25, 0.3) is 5.91 Å². The fourth-order valence-corrected chi connectivity index (χ4v) is 1.12. The molecule has 0 fully saturated rings. The average molecular weight is 239 g/mol. The van der Waals surface area contributed by atoms with Crippen molar-refractivity contribution in [3.8, 4) is 5.75 Å². The number of rotatable bonds is 4. The van der Waals surface area contributed by atoms with Crippen molar-refractivity contribution in [2.45, 2.75) is 32.7 Å². The van der Waals surface area contributed by atoms with Gasteiger partial charge in [-0.25, -0.2) is 0 Å². The fraction of sp³-hybridized carbons (Fsp3) is 0.500. The van der Waals surface area contributed by atoms with Gasteiger partial charge in [0.05, 0.1) is 7.11 Å². The van der Waals surface area contributed by atoms with Crippen molar-refractivity contribution in [1.82, 2.24) is 5.32 Å². The summed E-state index contributed by atoms with van der Waals surface area (Å²) in [7, 11) is 1.37. The van der Waals surface area contributed by atoms with Crippen molar-refractivity contribution < 1.29 is 13.9 Å². The molecular formula is C12H17NO4. The molecule has 94 valence electrons. The maximum atomic E-state index is 11.8. The minimum Gasteiger partial charge on any atom is -0.490 e. The second-order valence-corrected chi connectivity index (χ2v) is 4.37. The lowest BCUT2D eigenvalue weighted by Gasteiger charge is -2.23. The third-order valence-electron chi connectivity index (χ3n) is 2.58. The molecule has 5 nitrogen and oxygen atoms in total. The molecule has 0 bridgehead atoms. The minimum absolute atomic E-state index is 0.0164. The summed E-state index contributed by atoms with van der Waals surface area (Å²) in [6.45, 7) is 5.75. The van der Waals surface area contributed by atoms with Crippen LogP contribution in [0.1, 0.15) is 37.7 Å². The van der Waals surface area contributed by atoms with E-state index in [2.05, 4.69) is 5.32 Å². The predicted molar refractivity (Wildman–Crippen MR) is 63.4 cm³/mol. The maximum Gasteiger partial charge on any atom is 0.287 e. The van der Waals surface area contributed by atoms with E-state index in [9.17, 15) is 9.59 Å². The average Bonchev–Trinajstić information content (AvgIpc) is 2.28. The lowest BCUT2D eigenvalue weighted by molar-refractivity contribution is 0.0879. The van der Waals surface area contributed by atoms with E-state index in [1.165, 1.54) is 7.11 Å². The monoisotopic (exact) mass is 239 g/mol. The molecule has 1 amide bonds. The summed E-state index contributed by atoms with van der Waals surface area (Å²) in [6.07, 6.45) is 1.91. The second kappa shape index (κ2) is 5.03. The quantitative estimate of drug-likeness (QED) is 0.865. The van der Waals surface area contributed by atoms with Crippen LogP contribution in [0.15, 0.2) is 21.5 Å². The Hall–Kier alpha value is -1.78. The molecule has 1 N–H and O–H groups in total. The SMILES string of the molecule is CCC(C)(C)NC(=O)c1cc(=O)c(OC)co1. The minimum atomic E-state index is -0.406. The van der Waals surface area contributed by atoms with E-state index in [0.717, 1.165) is 18.8 Å². The molecule has 0 radical (unpaired) electrons. The highest BCUT2D eigenvalue weighted by molar-refractivity contribution is 5.91. The van der Waals surface area contributed by atoms with E-state index in [0.29, 0.717) is 0 Å². The van der Waals surface area contributed by atoms with Gasteiger partial charge in [-0.05, 0) is 20.3 Å². The van der Waals surface area contributed by atoms with Crippen LogP contribution in [0.5, 0.6) is 5.75 Å². The zero-order valence-electron chi connectivity index (χ0n) is 10.5. The molecule has 0 aliphatic carbocycles. The highest BCUT2D eigenvalue weighted by atomic mass is 16.5. The van der Waals surface area contributed by atoms with Crippen LogP contribution in [0.4, 0.5) is 0 Å². The van der Waals surface area contributed by atoms with Crippen molar-refractivity contribution in [2.75, 3.05) is 7.11 Å². The number of amides is 1. The highest BCUT2D eigenvalue weighted by Crippen LogP contribution is 2.10. The normalized spacial score (nSPS) is 11.1. The third-order valence-corrected chi connectivity index (χ3v) is 2.58. The van der Waals surface area contributed by atoms with Gasteiger partial charge in [0.15, 0.2) is 5.76 Å². The van der Waals surface area contributed by atoms with E-state index >= 15 is 0 Å². The summed E-state index contributed by atoms with van der Waals surface area (Å²) in [5.41, 5.74) is -0.714. The summed E-state index contributed by atoms with van der Waals surface area (Å²) in [5.74, 6) is -0.342. The van der Waals surface area contributed by atoms with Gasteiger partial charge in [-0.15, -0.1) is 0 Å². The molecule has 0 aliphatic heterocycles. The molecule has 0 aliphatic rings. The molecule has 17 heavy (non-hydrogen) atoms. The van der Waals surface area contributed by atoms with Gasteiger partial charge in [0.2, 0.25) is 11.2 Å². The second-order valence-electron chi connectivity index (χ2n) is 4.37. The lowest BCUT2D eigenvalue weighted by Crippen LogP contribution is -2.42. The maximum absolute atomic E-state index is 11.8. The number of hydrogen-bond donors (Lipinski definition) is 1. The Bertz CT molecular complexity index is 462. The van der Waals surface area contributed by atoms with Crippen molar-refractivity contribution in [1.29, 1.82) is 0 Å². The topological polar surface area (TPSA) is 68.5 Å². The van der Waals surface area contributed by atoms with E-state index < -0.39 is 5.91 Å². The van der Waals surface area contributed by atoms with Crippen LogP contribution < -0.4 is 15.5 Å². The highest BCUT2D eigenvalue weighted by Gasteiger charge is 2.20. The number of hydrogen-bond acceptors (Lipinski definition) is 4. The molecule has 1 heterocycles. The fourth-order valence-electron chi connectivity index (χ4n) is 1.12. The van der Waals surface area contributed by atoms with Crippen LogP contribution in [0, 0.1) is 0 Å². The Morgan fingerprint density at radius 3 is 2.65 bits per heavy atom. The molecule has 0 atom stereocenters. The number of methoxy groups -OCH3 is 1. The summed E-state index contributed by atoms with van der Waals surface area (Å²) in [4.78, 5) is 23.2. The number of carbonyl (C=O) groups excluding carboxylic acids is 1. The lowest BCUT2D eigenvalue weighted by atomic mass is 10.0. The van der Waals surface area contributed by atoms with Gasteiger partial charge < -0.3 is 14.5 Å². The van der Waals surface area contributed by atoms with E-state index in [4.69, 9.17) is 9.15 Å². The van der Waals surface area contributed by atoms with Crippen LogP contribution in [0.25, 0.3) is 0 Å². The molecule has 1 aromatic rings. The molecule has 5 heteroatoms. The number of nitrogens with one attached hydrogen (secondary N) is 1. The summed E-state index contributed by atoms with van der Waals surface area (Å²) >= 11 is 0. The summed E-state index contributed by atoms with van der Waals surface area (Å²) in [5, 5.41) is 2.77. The zero-order valence-corrected chi connectivity index (χ0v) is 10.5. The van der Waals surface area contributed by atoms with Crippen molar-refractivity contribution in [2.24, 2.45) is 0 Å². The van der Waals surface area contributed by atoms with Gasteiger partial charge in [-0.3, -0.25) is 9.59 Å². The number of ether oxygens (including phenoxy) is 1. The first-order chi connectivity index (χ1) is 7.89. The molecule has 0 aromatic carbocycles. The first-order valence-corrected chi connectivity index (χ1v) is 5.39. The van der Waals surface area contributed by atoms with Crippen LogP contribution in [0.3, 0.4) is 0 Å². The Balaban J connectivity index is 2.91.